The van der Waals surface area contributed by atoms with Crippen molar-refractivity contribution in [3.63, 3.8) is 0 Å². The van der Waals surface area contributed by atoms with E-state index in [4.69, 9.17) is 12.2 Å². The second-order valence-electron chi connectivity index (χ2n) is 4.99. The fourth-order valence-corrected chi connectivity index (χ4v) is 2.40. The van der Waals surface area contributed by atoms with Gasteiger partial charge in [0.15, 0.2) is 0 Å². The first-order chi connectivity index (χ1) is 10.5. The molecule has 0 amide bonds. The molecule has 0 heterocycles. The van der Waals surface area contributed by atoms with Gasteiger partial charge in [0, 0.05) is 12.8 Å². The Balaban J connectivity index is 1.98. The van der Waals surface area contributed by atoms with E-state index in [0.717, 1.165) is 11.1 Å². The van der Waals surface area contributed by atoms with E-state index in [2.05, 4.69) is 5.32 Å². The van der Waals surface area contributed by atoms with Crippen molar-refractivity contribution in [2.45, 2.75) is 18.9 Å². The van der Waals surface area contributed by atoms with Crippen LogP contribution in [0.5, 0.6) is 5.75 Å². The Morgan fingerprint density at radius 2 is 1.68 bits per heavy atom. The summed E-state index contributed by atoms with van der Waals surface area (Å²) in [6.45, 7) is 0. The quantitative estimate of drug-likeness (QED) is 0.715. The maximum absolute atomic E-state index is 11.4. The number of hydrogen-bond donors (Lipinski definition) is 3. The summed E-state index contributed by atoms with van der Waals surface area (Å²) < 4.78 is 0. The van der Waals surface area contributed by atoms with Crippen LogP contribution < -0.4 is 5.32 Å². The van der Waals surface area contributed by atoms with Crippen molar-refractivity contribution >= 4 is 23.2 Å². The van der Waals surface area contributed by atoms with E-state index < -0.39 is 12.0 Å². The molecule has 0 saturated heterocycles. The zero-order valence-electron chi connectivity index (χ0n) is 11.9. The zero-order valence-corrected chi connectivity index (χ0v) is 12.7. The molecule has 114 valence electrons. The van der Waals surface area contributed by atoms with Gasteiger partial charge in [0.25, 0.3) is 0 Å². The third kappa shape index (κ3) is 4.86. The number of carbonyl (C=O) groups is 1. The number of aromatic hydroxyl groups is 1. The standard InChI is InChI=1S/C17H17NO3S/c19-14-8-6-13(7-9-14)10-15(17(20)21)18-16(22)11-12-4-2-1-3-5-12/h1-9,15,19H,10-11H2,(H,18,22)(H,20,21). The number of nitrogens with one attached hydrogen (secondary N) is 1. The number of thiocarbonyl (C=S) groups is 1. The smallest absolute Gasteiger partial charge is 0.326 e. The van der Waals surface area contributed by atoms with Crippen LogP contribution in [0.1, 0.15) is 11.1 Å². The molecule has 0 aliphatic rings. The van der Waals surface area contributed by atoms with Crippen molar-refractivity contribution < 1.29 is 15.0 Å². The number of benzene rings is 2. The van der Waals surface area contributed by atoms with E-state index in [0.29, 0.717) is 17.8 Å². The summed E-state index contributed by atoms with van der Waals surface area (Å²) in [6, 6.07) is 15.3. The van der Waals surface area contributed by atoms with Crippen LogP contribution in [0.25, 0.3) is 0 Å². The van der Waals surface area contributed by atoms with Crippen molar-refractivity contribution in [1.82, 2.24) is 5.32 Å². The van der Waals surface area contributed by atoms with Gasteiger partial charge < -0.3 is 15.5 Å². The van der Waals surface area contributed by atoms with Crippen LogP contribution in [-0.2, 0) is 17.6 Å². The largest absolute Gasteiger partial charge is 0.508 e. The summed E-state index contributed by atoms with van der Waals surface area (Å²) in [6.07, 6.45) is 0.806. The molecule has 0 aromatic heterocycles. The van der Waals surface area contributed by atoms with Gasteiger partial charge in [-0.3, -0.25) is 0 Å². The Kier molecular flexibility index (Phi) is 5.49. The lowest BCUT2D eigenvalue weighted by atomic mass is 10.1. The van der Waals surface area contributed by atoms with Gasteiger partial charge in [0.05, 0.1) is 4.99 Å². The highest BCUT2D eigenvalue weighted by Crippen LogP contribution is 2.12. The summed E-state index contributed by atoms with van der Waals surface area (Å²) in [5.41, 5.74) is 1.86. The molecule has 22 heavy (non-hydrogen) atoms. The fourth-order valence-electron chi connectivity index (χ4n) is 2.09. The maximum Gasteiger partial charge on any atom is 0.326 e. The van der Waals surface area contributed by atoms with Gasteiger partial charge >= 0.3 is 5.97 Å². The lowest BCUT2D eigenvalue weighted by Crippen LogP contribution is -2.42. The van der Waals surface area contributed by atoms with E-state index in [9.17, 15) is 15.0 Å². The SMILES string of the molecule is O=C(O)C(Cc1ccc(O)cc1)NC(=S)Cc1ccccc1. The second kappa shape index (κ2) is 7.56. The first-order valence-electron chi connectivity index (χ1n) is 6.88. The number of carboxylic acid groups (broad SMARTS) is 1. The molecule has 4 nitrogen and oxygen atoms in total. The Morgan fingerprint density at radius 3 is 2.27 bits per heavy atom. The zero-order chi connectivity index (χ0) is 15.9. The summed E-state index contributed by atoms with van der Waals surface area (Å²) in [5, 5.41) is 21.5. The first kappa shape index (κ1) is 16.0. The van der Waals surface area contributed by atoms with E-state index >= 15 is 0 Å². The molecule has 1 unspecified atom stereocenters. The third-order valence-corrected chi connectivity index (χ3v) is 3.48. The number of aliphatic carboxylic acids is 1. The van der Waals surface area contributed by atoms with Crippen molar-refractivity contribution in [1.29, 1.82) is 0 Å². The van der Waals surface area contributed by atoms with Crippen LogP contribution in [0.4, 0.5) is 0 Å². The fraction of sp³-hybridized carbons (Fsp3) is 0.176. The Morgan fingerprint density at radius 1 is 1.05 bits per heavy atom. The molecule has 2 rings (SSSR count). The first-order valence-corrected chi connectivity index (χ1v) is 7.29. The van der Waals surface area contributed by atoms with Gasteiger partial charge in [-0.2, -0.15) is 0 Å². The van der Waals surface area contributed by atoms with Gasteiger partial charge in [0.2, 0.25) is 0 Å². The molecule has 0 fully saturated rings. The van der Waals surface area contributed by atoms with Crippen LogP contribution >= 0.6 is 12.2 Å². The number of phenolic OH excluding ortho intramolecular Hbond substituents is 1. The molecule has 0 saturated carbocycles. The Hall–Kier alpha value is -2.40. The molecular weight excluding hydrogens is 298 g/mol. The van der Waals surface area contributed by atoms with E-state index in [1.54, 1.807) is 12.1 Å². The highest BCUT2D eigenvalue weighted by Gasteiger charge is 2.19. The Bertz CT molecular complexity index is 641. The molecule has 2 aromatic carbocycles. The third-order valence-electron chi connectivity index (χ3n) is 3.22. The highest BCUT2D eigenvalue weighted by atomic mass is 32.1. The average Bonchev–Trinajstić information content (AvgIpc) is 2.49. The molecular formula is C17H17NO3S. The summed E-state index contributed by atoms with van der Waals surface area (Å²) in [4.78, 5) is 11.9. The van der Waals surface area contributed by atoms with Crippen molar-refractivity contribution in [2.24, 2.45) is 0 Å². The van der Waals surface area contributed by atoms with Gasteiger partial charge in [-0.15, -0.1) is 0 Å². The van der Waals surface area contributed by atoms with E-state index in [1.165, 1.54) is 12.1 Å². The second-order valence-corrected chi connectivity index (χ2v) is 5.48. The molecule has 0 bridgehead atoms. The molecule has 3 N–H and O–H groups in total. The normalized spacial score (nSPS) is 11.6. The van der Waals surface area contributed by atoms with Crippen LogP contribution in [0.3, 0.4) is 0 Å². The minimum absolute atomic E-state index is 0.156. The highest BCUT2D eigenvalue weighted by molar-refractivity contribution is 7.80. The number of hydrogen-bond acceptors (Lipinski definition) is 3. The predicted molar refractivity (Wildman–Crippen MR) is 89.1 cm³/mol. The van der Waals surface area contributed by atoms with Crippen LogP contribution in [0, 0.1) is 0 Å². The maximum atomic E-state index is 11.4. The lowest BCUT2D eigenvalue weighted by Gasteiger charge is -2.16. The van der Waals surface area contributed by atoms with Gasteiger partial charge in [-0.25, -0.2) is 4.79 Å². The average molecular weight is 315 g/mol. The summed E-state index contributed by atoms with van der Waals surface area (Å²) in [5.74, 6) is -0.799. The molecule has 0 spiro atoms. The monoisotopic (exact) mass is 315 g/mol. The molecule has 0 aliphatic carbocycles. The topological polar surface area (TPSA) is 69.6 Å². The van der Waals surface area contributed by atoms with Gasteiger partial charge in [-0.05, 0) is 23.3 Å². The van der Waals surface area contributed by atoms with Crippen molar-refractivity contribution in [3.8, 4) is 5.75 Å². The summed E-state index contributed by atoms with van der Waals surface area (Å²) in [7, 11) is 0. The molecule has 0 radical (unpaired) electrons. The Labute approximate surface area is 134 Å². The van der Waals surface area contributed by atoms with E-state index in [1.807, 2.05) is 30.3 Å². The van der Waals surface area contributed by atoms with Crippen molar-refractivity contribution in [3.05, 3.63) is 65.7 Å². The van der Waals surface area contributed by atoms with Crippen LogP contribution in [0.2, 0.25) is 0 Å². The van der Waals surface area contributed by atoms with E-state index in [-0.39, 0.29) is 5.75 Å². The molecule has 2 aromatic rings. The number of carboxylic acids is 1. The van der Waals surface area contributed by atoms with Gasteiger partial charge in [-0.1, -0.05) is 54.7 Å². The molecule has 0 aliphatic heterocycles. The van der Waals surface area contributed by atoms with Crippen LogP contribution in [0.15, 0.2) is 54.6 Å². The molecule has 1 atom stereocenters. The number of rotatable bonds is 6. The lowest BCUT2D eigenvalue weighted by molar-refractivity contribution is -0.139. The summed E-state index contributed by atoms with van der Waals surface area (Å²) >= 11 is 5.25. The minimum Gasteiger partial charge on any atom is -0.508 e. The minimum atomic E-state index is -0.955. The van der Waals surface area contributed by atoms with Gasteiger partial charge in [0.1, 0.15) is 11.8 Å². The molecule has 5 heteroatoms. The number of phenols is 1. The van der Waals surface area contributed by atoms with Crippen LogP contribution in [-0.4, -0.2) is 27.2 Å². The predicted octanol–water partition coefficient (Wildman–Crippen LogP) is 2.55. The van der Waals surface area contributed by atoms with Crippen molar-refractivity contribution in [2.75, 3.05) is 0 Å².